The van der Waals surface area contributed by atoms with Crippen molar-refractivity contribution in [3.05, 3.63) is 115 Å². The zero-order valence-electron chi connectivity index (χ0n) is 22.8. The van der Waals surface area contributed by atoms with E-state index in [-0.39, 0.29) is 6.04 Å². The van der Waals surface area contributed by atoms with Gasteiger partial charge in [0.05, 0.1) is 28.5 Å². The number of fused-ring (bicyclic) bond motifs is 14. The Hall–Kier alpha value is -5.81. The van der Waals surface area contributed by atoms with Crippen LogP contribution >= 0.6 is 0 Å². The molecule has 1 aliphatic heterocycles. The predicted molar refractivity (Wildman–Crippen MR) is 176 cm³/mol. The highest BCUT2D eigenvalue weighted by molar-refractivity contribution is 6.34. The second-order valence-corrected chi connectivity index (χ2v) is 11.6. The third-order valence-electron chi connectivity index (χ3n) is 9.32. The molecule has 1 aliphatic carbocycles. The van der Waals surface area contributed by atoms with Crippen LogP contribution < -0.4 is 5.32 Å². The molecule has 5 nitrogen and oxygen atoms in total. The minimum absolute atomic E-state index is 0.0570. The number of furan rings is 2. The quantitative estimate of drug-likeness (QED) is 0.221. The molecule has 5 aromatic carbocycles. The fourth-order valence-electron chi connectivity index (χ4n) is 7.44. The largest absolute Gasteiger partial charge is 0.456 e. The molecule has 1 atom stereocenters. The average molecular weight is 552 g/mol. The number of nitrogens with one attached hydrogen (secondary N) is 1. The molecule has 0 fully saturated rings. The molecule has 0 saturated carbocycles. The molecule has 4 aromatic heterocycles. The van der Waals surface area contributed by atoms with Crippen molar-refractivity contribution in [2.75, 3.05) is 5.32 Å². The van der Waals surface area contributed by atoms with E-state index in [1.807, 2.05) is 18.2 Å². The van der Waals surface area contributed by atoms with E-state index < -0.39 is 0 Å². The smallest absolute Gasteiger partial charge is 0.162 e. The molecule has 1 N–H and O–H groups in total. The van der Waals surface area contributed by atoms with E-state index in [0.717, 1.165) is 83.1 Å². The minimum atomic E-state index is 0.0570. The van der Waals surface area contributed by atoms with Crippen LogP contribution in [0.2, 0.25) is 0 Å². The van der Waals surface area contributed by atoms with Crippen molar-refractivity contribution in [3.8, 4) is 11.1 Å². The maximum Gasteiger partial charge on any atom is 0.162 e. The number of hydrogen-bond acceptors (Lipinski definition) is 4. The molecule has 200 valence electrons. The first kappa shape index (κ1) is 21.9. The molecule has 5 heterocycles. The van der Waals surface area contributed by atoms with Gasteiger partial charge in [0.15, 0.2) is 5.82 Å². The Labute approximate surface area is 244 Å². The van der Waals surface area contributed by atoms with Gasteiger partial charge in [0, 0.05) is 37.7 Å². The summed E-state index contributed by atoms with van der Waals surface area (Å²) >= 11 is 0. The van der Waals surface area contributed by atoms with Crippen LogP contribution in [0.5, 0.6) is 0 Å². The van der Waals surface area contributed by atoms with Crippen LogP contribution in [-0.4, -0.2) is 16.2 Å². The van der Waals surface area contributed by atoms with E-state index >= 15 is 0 Å². The average Bonchev–Trinajstić information content (AvgIpc) is 3.79. The van der Waals surface area contributed by atoms with Gasteiger partial charge < -0.3 is 14.2 Å². The summed E-state index contributed by atoms with van der Waals surface area (Å²) in [6.07, 6.45) is 8.40. The zero-order valence-corrected chi connectivity index (χ0v) is 22.8. The molecule has 0 bridgehead atoms. The van der Waals surface area contributed by atoms with Gasteiger partial charge in [-0.25, -0.2) is 4.99 Å². The Balaban J connectivity index is 1.27. The highest BCUT2D eigenvalue weighted by Gasteiger charge is 2.30. The Morgan fingerprint density at radius 2 is 1.37 bits per heavy atom. The van der Waals surface area contributed by atoms with Crippen molar-refractivity contribution < 1.29 is 8.83 Å². The molecule has 5 heteroatoms. The van der Waals surface area contributed by atoms with Crippen LogP contribution in [0.4, 0.5) is 11.5 Å². The third kappa shape index (κ3) is 2.70. The number of aromatic nitrogens is 1. The van der Waals surface area contributed by atoms with Gasteiger partial charge in [0.2, 0.25) is 0 Å². The SMILES string of the molecule is C1=CC2=Nc3c(c4cc5oc6ccccc6c5c5c6cc(-c7ccc8oc9ccccc9c8c7)ccc6n3c45)NC2C=C1. The van der Waals surface area contributed by atoms with E-state index in [2.05, 4.69) is 107 Å². The van der Waals surface area contributed by atoms with Crippen molar-refractivity contribution >= 4 is 88.3 Å². The molecular formula is C38H21N3O2. The standard InChI is InChI=1S/C38H21N3O2/c1-5-11-30-22(7-1)24-17-21(14-16-32(24)42-30)20-13-15-29-25(18-20)35-34-23-8-2-6-12-31(23)43-33(34)19-26-36-38(41(29)37(26)35)40-28-10-4-3-9-27(28)39-36/h1-19,27,39H. The fourth-order valence-corrected chi connectivity index (χ4v) is 7.44. The second kappa shape index (κ2) is 7.52. The Morgan fingerprint density at radius 1 is 0.628 bits per heavy atom. The van der Waals surface area contributed by atoms with Crippen molar-refractivity contribution in [2.45, 2.75) is 6.04 Å². The Morgan fingerprint density at radius 3 is 2.28 bits per heavy atom. The number of nitrogens with zero attached hydrogens (tertiary/aromatic N) is 2. The predicted octanol–water partition coefficient (Wildman–Crippen LogP) is 10.1. The van der Waals surface area contributed by atoms with E-state index in [4.69, 9.17) is 13.8 Å². The van der Waals surface area contributed by atoms with Crippen LogP contribution in [0.25, 0.3) is 82.2 Å². The summed E-state index contributed by atoms with van der Waals surface area (Å²) < 4.78 is 15.0. The maximum atomic E-state index is 6.49. The minimum Gasteiger partial charge on any atom is -0.456 e. The van der Waals surface area contributed by atoms with Crippen LogP contribution in [0.15, 0.2) is 129 Å². The Bertz CT molecular complexity index is 2770. The first-order chi connectivity index (χ1) is 21.3. The highest BCUT2D eigenvalue weighted by atomic mass is 16.3. The van der Waals surface area contributed by atoms with E-state index in [1.165, 1.54) is 16.3 Å². The van der Waals surface area contributed by atoms with E-state index in [1.54, 1.807) is 0 Å². The van der Waals surface area contributed by atoms with Crippen molar-refractivity contribution in [2.24, 2.45) is 4.99 Å². The lowest BCUT2D eigenvalue weighted by Crippen LogP contribution is -2.29. The summed E-state index contributed by atoms with van der Waals surface area (Å²) in [5.41, 5.74) is 10.3. The molecule has 0 saturated heterocycles. The normalized spacial score (nSPS) is 16.3. The number of aliphatic imine (C=N–C) groups is 1. The summed E-state index contributed by atoms with van der Waals surface area (Å²) in [5.74, 6) is 0.942. The first-order valence-corrected chi connectivity index (χ1v) is 14.6. The summed E-state index contributed by atoms with van der Waals surface area (Å²) in [4.78, 5) is 5.22. The van der Waals surface area contributed by atoms with Crippen LogP contribution in [-0.2, 0) is 0 Å². The van der Waals surface area contributed by atoms with Gasteiger partial charge >= 0.3 is 0 Å². The lowest BCUT2D eigenvalue weighted by molar-refractivity contribution is 0.669. The second-order valence-electron chi connectivity index (χ2n) is 11.6. The lowest BCUT2D eigenvalue weighted by Gasteiger charge is -2.23. The highest BCUT2D eigenvalue weighted by Crippen LogP contribution is 2.51. The Kier molecular flexibility index (Phi) is 3.83. The molecule has 2 aliphatic rings. The first-order valence-electron chi connectivity index (χ1n) is 14.6. The molecule has 9 aromatic rings. The van der Waals surface area contributed by atoms with Gasteiger partial charge in [-0.15, -0.1) is 0 Å². The summed E-state index contributed by atoms with van der Waals surface area (Å²) in [5, 5.41) is 11.8. The van der Waals surface area contributed by atoms with Crippen LogP contribution in [0.1, 0.15) is 0 Å². The van der Waals surface area contributed by atoms with E-state index in [0.29, 0.717) is 0 Å². The molecule has 0 spiro atoms. The fraction of sp³-hybridized carbons (Fsp3) is 0.0263. The summed E-state index contributed by atoms with van der Waals surface area (Å²) in [7, 11) is 0. The number of rotatable bonds is 1. The summed E-state index contributed by atoms with van der Waals surface area (Å²) in [6, 6.07) is 32.2. The molecule has 1 unspecified atom stereocenters. The number of allylic oxidation sites excluding steroid dienone is 2. The van der Waals surface area contributed by atoms with Crippen LogP contribution in [0.3, 0.4) is 0 Å². The van der Waals surface area contributed by atoms with Gasteiger partial charge in [0.25, 0.3) is 0 Å². The van der Waals surface area contributed by atoms with Gasteiger partial charge in [0.1, 0.15) is 22.3 Å². The molecule has 11 rings (SSSR count). The molecule has 0 radical (unpaired) electrons. The van der Waals surface area contributed by atoms with Crippen molar-refractivity contribution in [1.82, 2.24) is 4.40 Å². The zero-order chi connectivity index (χ0) is 27.8. The van der Waals surface area contributed by atoms with Crippen LogP contribution in [0, 0.1) is 0 Å². The topological polar surface area (TPSA) is 55.1 Å². The molecular weight excluding hydrogens is 530 g/mol. The van der Waals surface area contributed by atoms with Gasteiger partial charge in [-0.05, 0) is 59.7 Å². The number of hydrogen-bond donors (Lipinski definition) is 1. The number of benzene rings is 5. The number of anilines is 1. The van der Waals surface area contributed by atoms with Gasteiger partial charge in [-0.1, -0.05) is 66.8 Å². The molecule has 0 amide bonds. The van der Waals surface area contributed by atoms with Crippen molar-refractivity contribution in [1.29, 1.82) is 0 Å². The monoisotopic (exact) mass is 551 g/mol. The molecule has 43 heavy (non-hydrogen) atoms. The summed E-state index contributed by atoms with van der Waals surface area (Å²) in [6.45, 7) is 0. The lowest BCUT2D eigenvalue weighted by atomic mass is 9.98. The van der Waals surface area contributed by atoms with Gasteiger partial charge in [-0.3, -0.25) is 4.40 Å². The third-order valence-corrected chi connectivity index (χ3v) is 9.32. The maximum absolute atomic E-state index is 6.49. The van der Waals surface area contributed by atoms with Crippen molar-refractivity contribution in [3.63, 3.8) is 0 Å². The van der Waals surface area contributed by atoms with Gasteiger partial charge in [-0.2, -0.15) is 0 Å². The van der Waals surface area contributed by atoms with E-state index in [9.17, 15) is 0 Å². The number of para-hydroxylation sites is 2.